The fourth-order valence-electron chi connectivity index (χ4n) is 1.75. The van der Waals surface area contributed by atoms with Crippen molar-refractivity contribution in [3.63, 3.8) is 0 Å². The van der Waals surface area contributed by atoms with Crippen LogP contribution in [0.4, 0.5) is 0 Å². The van der Waals surface area contributed by atoms with Gasteiger partial charge < -0.3 is 5.11 Å². The second kappa shape index (κ2) is 5.13. The second-order valence-corrected chi connectivity index (χ2v) is 5.20. The molecule has 0 radical (unpaired) electrons. The van der Waals surface area contributed by atoms with E-state index in [2.05, 4.69) is 0 Å². The molecular formula is C14H18O3. The summed E-state index contributed by atoms with van der Waals surface area (Å²) in [6, 6.07) is 7.35. The van der Waals surface area contributed by atoms with Gasteiger partial charge in [-0.15, -0.1) is 0 Å². The number of hydrogen-bond acceptors (Lipinski definition) is 2. The summed E-state index contributed by atoms with van der Waals surface area (Å²) in [5.74, 6) is -0.872. The lowest BCUT2D eigenvalue weighted by Crippen LogP contribution is -2.21. The Bertz CT molecular complexity index is 416. The predicted octanol–water partition coefficient (Wildman–Crippen LogP) is 3.07. The molecule has 0 aliphatic rings. The SMILES string of the molecule is Cc1ccc(C(=O)CC(C)(C)CC(=O)O)cc1. The van der Waals surface area contributed by atoms with E-state index in [9.17, 15) is 9.59 Å². The maximum atomic E-state index is 12.0. The van der Waals surface area contributed by atoms with Gasteiger partial charge in [-0.05, 0) is 12.3 Å². The third kappa shape index (κ3) is 4.39. The van der Waals surface area contributed by atoms with Gasteiger partial charge in [-0.3, -0.25) is 9.59 Å². The van der Waals surface area contributed by atoms with Gasteiger partial charge >= 0.3 is 5.97 Å². The first-order valence-corrected chi connectivity index (χ1v) is 5.62. The Kier molecular flexibility index (Phi) is 4.05. The topological polar surface area (TPSA) is 54.4 Å². The number of carboxylic acid groups (broad SMARTS) is 1. The van der Waals surface area contributed by atoms with Crippen molar-refractivity contribution in [2.24, 2.45) is 5.41 Å². The van der Waals surface area contributed by atoms with Crippen LogP contribution in [0.3, 0.4) is 0 Å². The average molecular weight is 234 g/mol. The van der Waals surface area contributed by atoms with Gasteiger partial charge in [0.15, 0.2) is 5.78 Å². The number of aryl methyl sites for hydroxylation is 1. The molecule has 0 aromatic heterocycles. The van der Waals surface area contributed by atoms with Crippen molar-refractivity contribution in [2.75, 3.05) is 0 Å². The standard InChI is InChI=1S/C14H18O3/c1-10-4-6-11(7-5-10)12(15)8-14(2,3)9-13(16)17/h4-7H,8-9H2,1-3H3,(H,16,17). The molecule has 0 aliphatic heterocycles. The lowest BCUT2D eigenvalue weighted by atomic mass is 9.82. The van der Waals surface area contributed by atoms with Crippen molar-refractivity contribution in [2.45, 2.75) is 33.6 Å². The number of Topliss-reactive ketones (excluding diaryl/α,β-unsaturated/α-hetero) is 1. The smallest absolute Gasteiger partial charge is 0.303 e. The summed E-state index contributed by atoms with van der Waals surface area (Å²) < 4.78 is 0. The van der Waals surface area contributed by atoms with E-state index >= 15 is 0 Å². The molecule has 0 saturated heterocycles. The summed E-state index contributed by atoms with van der Waals surface area (Å²) in [5, 5.41) is 8.76. The average Bonchev–Trinajstić information content (AvgIpc) is 2.15. The quantitative estimate of drug-likeness (QED) is 0.796. The fraction of sp³-hybridized carbons (Fsp3) is 0.429. The van der Waals surface area contributed by atoms with Crippen molar-refractivity contribution in [1.29, 1.82) is 0 Å². The third-order valence-electron chi connectivity index (χ3n) is 2.64. The van der Waals surface area contributed by atoms with Crippen LogP contribution in [-0.4, -0.2) is 16.9 Å². The number of carbonyl (C=O) groups is 2. The summed E-state index contributed by atoms with van der Waals surface area (Å²) in [6.07, 6.45) is 0.257. The van der Waals surface area contributed by atoms with Crippen molar-refractivity contribution in [3.05, 3.63) is 35.4 Å². The van der Waals surface area contributed by atoms with Gasteiger partial charge in [-0.25, -0.2) is 0 Å². The third-order valence-corrected chi connectivity index (χ3v) is 2.64. The summed E-state index contributed by atoms with van der Waals surface area (Å²) >= 11 is 0. The number of aliphatic carboxylic acids is 1. The summed E-state index contributed by atoms with van der Waals surface area (Å²) in [4.78, 5) is 22.6. The molecule has 1 N–H and O–H groups in total. The lowest BCUT2D eigenvalue weighted by Gasteiger charge is -2.21. The minimum atomic E-state index is -0.869. The molecule has 0 atom stereocenters. The van der Waals surface area contributed by atoms with E-state index in [1.807, 2.05) is 19.1 Å². The maximum Gasteiger partial charge on any atom is 0.303 e. The molecule has 0 fully saturated rings. The Labute approximate surface area is 101 Å². The first-order valence-electron chi connectivity index (χ1n) is 5.62. The second-order valence-electron chi connectivity index (χ2n) is 5.20. The maximum absolute atomic E-state index is 12.0. The van der Waals surface area contributed by atoms with Crippen LogP contribution in [0.25, 0.3) is 0 Å². The van der Waals surface area contributed by atoms with Crippen LogP contribution in [0.5, 0.6) is 0 Å². The normalized spacial score (nSPS) is 11.2. The Hall–Kier alpha value is -1.64. The first-order chi connectivity index (χ1) is 7.80. The lowest BCUT2D eigenvalue weighted by molar-refractivity contribution is -0.139. The highest BCUT2D eigenvalue weighted by molar-refractivity contribution is 5.96. The van der Waals surface area contributed by atoms with E-state index in [4.69, 9.17) is 5.11 Å². The molecule has 1 rings (SSSR count). The van der Waals surface area contributed by atoms with E-state index in [0.29, 0.717) is 5.56 Å². The predicted molar refractivity (Wildman–Crippen MR) is 66.2 cm³/mol. The largest absolute Gasteiger partial charge is 0.481 e. The number of rotatable bonds is 5. The molecule has 0 unspecified atom stereocenters. The Morgan fingerprint density at radius 3 is 2.12 bits per heavy atom. The fourth-order valence-corrected chi connectivity index (χ4v) is 1.75. The summed E-state index contributed by atoms with van der Waals surface area (Å²) in [5.41, 5.74) is 1.24. The van der Waals surface area contributed by atoms with Crippen LogP contribution in [0.2, 0.25) is 0 Å². The molecule has 1 aromatic rings. The minimum absolute atomic E-state index is 0.00347. The zero-order valence-corrected chi connectivity index (χ0v) is 10.5. The van der Waals surface area contributed by atoms with Gasteiger partial charge in [-0.2, -0.15) is 0 Å². The van der Waals surface area contributed by atoms with Crippen LogP contribution in [0.15, 0.2) is 24.3 Å². The van der Waals surface area contributed by atoms with Gasteiger partial charge in [0.05, 0.1) is 6.42 Å². The molecular weight excluding hydrogens is 216 g/mol. The van der Waals surface area contributed by atoms with Crippen LogP contribution in [-0.2, 0) is 4.79 Å². The van der Waals surface area contributed by atoms with Crippen LogP contribution >= 0.6 is 0 Å². The van der Waals surface area contributed by atoms with E-state index in [1.54, 1.807) is 26.0 Å². The summed E-state index contributed by atoms with van der Waals surface area (Å²) in [6.45, 7) is 5.56. The molecule has 3 nitrogen and oxygen atoms in total. The van der Waals surface area contributed by atoms with Crippen molar-refractivity contribution < 1.29 is 14.7 Å². The first kappa shape index (κ1) is 13.4. The Balaban J connectivity index is 2.72. The van der Waals surface area contributed by atoms with Crippen LogP contribution in [0.1, 0.15) is 42.6 Å². The zero-order valence-electron chi connectivity index (χ0n) is 10.5. The van der Waals surface area contributed by atoms with Crippen LogP contribution < -0.4 is 0 Å². The highest BCUT2D eigenvalue weighted by Gasteiger charge is 2.25. The number of ketones is 1. The molecule has 0 bridgehead atoms. The number of carboxylic acids is 1. The monoisotopic (exact) mass is 234 g/mol. The van der Waals surface area contributed by atoms with Gasteiger partial charge in [-0.1, -0.05) is 43.7 Å². The number of hydrogen-bond donors (Lipinski definition) is 1. The van der Waals surface area contributed by atoms with E-state index in [-0.39, 0.29) is 18.6 Å². The molecule has 0 amide bonds. The zero-order chi connectivity index (χ0) is 13.1. The Morgan fingerprint density at radius 2 is 1.65 bits per heavy atom. The van der Waals surface area contributed by atoms with Crippen molar-refractivity contribution in [3.8, 4) is 0 Å². The van der Waals surface area contributed by atoms with E-state index in [0.717, 1.165) is 5.56 Å². The van der Waals surface area contributed by atoms with Crippen molar-refractivity contribution in [1.82, 2.24) is 0 Å². The van der Waals surface area contributed by atoms with E-state index in [1.165, 1.54) is 0 Å². The highest BCUT2D eigenvalue weighted by atomic mass is 16.4. The van der Waals surface area contributed by atoms with Gasteiger partial charge in [0.25, 0.3) is 0 Å². The Morgan fingerprint density at radius 1 is 1.12 bits per heavy atom. The van der Waals surface area contributed by atoms with Gasteiger partial charge in [0, 0.05) is 12.0 Å². The molecule has 3 heteroatoms. The van der Waals surface area contributed by atoms with Crippen molar-refractivity contribution >= 4 is 11.8 Å². The summed E-state index contributed by atoms with van der Waals surface area (Å²) in [7, 11) is 0. The molecule has 0 heterocycles. The molecule has 0 spiro atoms. The minimum Gasteiger partial charge on any atom is -0.481 e. The van der Waals surface area contributed by atoms with E-state index < -0.39 is 11.4 Å². The van der Waals surface area contributed by atoms with Crippen LogP contribution in [0, 0.1) is 12.3 Å². The molecule has 1 aromatic carbocycles. The number of benzene rings is 1. The molecule has 92 valence electrons. The van der Waals surface area contributed by atoms with Gasteiger partial charge in [0.2, 0.25) is 0 Å². The molecule has 17 heavy (non-hydrogen) atoms. The number of carbonyl (C=O) groups excluding carboxylic acids is 1. The molecule has 0 aliphatic carbocycles. The highest BCUT2D eigenvalue weighted by Crippen LogP contribution is 2.27. The van der Waals surface area contributed by atoms with Gasteiger partial charge in [0.1, 0.15) is 0 Å². The molecule has 0 saturated carbocycles.